The summed E-state index contributed by atoms with van der Waals surface area (Å²) in [6.07, 6.45) is 8.27. The fourth-order valence-electron chi connectivity index (χ4n) is 4.89. The van der Waals surface area contributed by atoms with Crippen molar-refractivity contribution in [2.24, 2.45) is 0 Å². The Morgan fingerprint density at radius 2 is 0.921 bits per heavy atom. The second-order valence-corrected chi connectivity index (χ2v) is 8.56. The third-order valence-electron chi connectivity index (χ3n) is 6.59. The number of aryl methyl sites for hydroxylation is 2. The summed E-state index contributed by atoms with van der Waals surface area (Å²) in [7, 11) is 9.76. The smallest absolute Gasteiger partial charge is 0.204 e. The topological polar surface area (TPSA) is 81.2 Å². The number of fused-ring (bicyclic) bond motifs is 2. The quantitative estimate of drug-likeness (QED) is 0.195. The molecule has 0 saturated heterocycles. The van der Waals surface area contributed by atoms with Crippen LogP contribution in [0.15, 0.2) is 36.7 Å². The standard InChI is InChI=1S/C29H34N2O6.ClH/c1-32-22-16-18-12-14-30-20(24(18)28(36-5)26(22)34-3)10-8-7-9-11-21-25-19(13-15-31-21)17-23(33-2)27(35-4)29(25)37-6;/h12-17H,7-11H2,1-6H3;1H. The summed E-state index contributed by atoms with van der Waals surface area (Å²) in [6, 6.07) is 7.85. The molecular weight excluding hydrogens is 508 g/mol. The van der Waals surface area contributed by atoms with E-state index in [-0.39, 0.29) is 12.4 Å². The maximum Gasteiger partial charge on any atom is 0.204 e. The minimum absolute atomic E-state index is 0. The number of ether oxygens (including phenoxy) is 6. The highest BCUT2D eigenvalue weighted by atomic mass is 35.5. The lowest BCUT2D eigenvalue weighted by Crippen LogP contribution is -2.01. The minimum atomic E-state index is 0. The number of aromatic nitrogens is 2. The molecule has 8 nitrogen and oxygen atoms in total. The highest BCUT2D eigenvalue weighted by molar-refractivity contribution is 5.95. The molecule has 0 aliphatic rings. The lowest BCUT2D eigenvalue weighted by atomic mass is 10.0. The zero-order valence-corrected chi connectivity index (χ0v) is 23.6. The van der Waals surface area contributed by atoms with Crippen molar-refractivity contribution >= 4 is 34.0 Å². The van der Waals surface area contributed by atoms with E-state index in [1.54, 1.807) is 42.7 Å². The van der Waals surface area contributed by atoms with E-state index in [1.807, 2.05) is 36.7 Å². The summed E-state index contributed by atoms with van der Waals surface area (Å²) in [5, 5.41) is 3.94. The number of nitrogens with zero attached hydrogens (tertiary/aromatic N) is 2. The maximum absolute atomic E-state index is 5.73. The van der Waals surface area contributed by atoms with Crippen LogP contribution in [0.4, 0.5) is 0 Å². The third kappa shape index (κ3) is 5.45. The molecule has 9 heteroatoms. The number of rotatable bonds is 12. The highest BCUT2D eigenvalue weighted by Crippen LogP contribution is 2.45. The molecule has 2 aromatic carbocycles. The van der Waals surface area contributed by atoms with Crippen molar-refractivity contribution in [1.29, 1.82) is 0 Å². The van der Waals surface area contributed by atoms with E-state index in [1.165, 1.54) is 0 Å². The highest BCUT2D eigenvalue weighted by Gasteiger charge is 2.20. The van der Waals surface area contributed by atoms with Gasteiger partial charge in [0, 0.05) is 23.2 Å². The van der Waals surface area contributed by atoms with Crippen molar-refractivity contribution in [3.63, 3.8) is 0 Å². The fourth-order valence-corrected chi connectivity index (χ4v) is 4.89. The molecule has 0 saturated carbocycles. The molecule has 38 heavy (non-hydrogen) atoms. The van der Waals surface area contributed by atoms with Crippen LogP contribution < -0.4 is 28.4 Å². The first-order chi connectivity index (χ1) is 18.1. The van der Waals surface area contributed by atoms with Gasteiger partial charge in [-0.25, -0.2) is 0 Å². The SMILES string of the molecule is COc1cc2ccnc(CCCCCc3nccc4cc(OC)c(OC)c(OC)c34)c2c(OC)c1OC.Cl. The molecule has 204 valence electrons. The number of halogens is 1. The Bertz CT molecular complexity index is 1290. The molecular formula is C29H35ClN2O6. The summed E-state index contributed by atoms with van der Waals surface area (Å²) in [6.45, 7) is 0. The van der Waals surface area contributed by atoms with E-state index in [0.29, 0.717) is 34.5 Å². The molecule has 0 unspecified atom stereocenters. The van der Waals surface area contributed by atoms with Crippen LogP contribution in [0.2, 0.25) is 0 Å². The van der Waals surface area contributed by atoms with Gasteiger partial charge in [0.2, 0.25) is 11.5 Å². The van der Waals surface area contributed by atoms with Crippen LogP contribution in [-0.4, -0.2) is 52.6 Å². The summed E-state index contributed by atoms with van der Waals surface area (Å²) in [5.41, 5.74) is 1.97. The number of benzene rings is 2. The molecule has 2 aromatic heterocycles. The second kappa shape index (κ2) is 13.2. The predicted octanol–water partition coefficient (Wildman–Crippen LogP) is 6.21. The van der Waals surface area contributed by atoms with Gasteiger partial charge in [-0.3, -0.25) is 9.97 Å². The third-order valence-corrected chi connectivity index (χ3v) is 6.59. The van der Waals surface area contributed by atoms with Gasteiger partial charge in [0.1, 0.15) is 0 Å². The average Bonchev–Trinajstić information content (AvgIpc) is 2.94. The summed E-state index contributed by atoms with van der Waals surface area (Å²) in [4.78, 5) is 9.34. The Hall–Kier alpha value is -3.65. The fraction of sp³-hybridized carbons (Fsp3) is 0.379. The van der Waals surface area contributed by atoms with E-state index in [4.69, 9.17) is 28.4 Å². The normalized spacial score (nSPS) is 10.7. The maximum atomic E-state index is 5.73. The Labute approximate surface area is 229 Å². The van der Waals surface area contributed by atoms with E-state index < -0.39 is 0 Å². The van der Waals surface area contributed by atoms with Crippen molar-refractivity contribution in [2.45, 2.75) is 32.1 Å². The van der Waals surface area contributed by atoms with Crippen molar-refractivity contribution in [3.05, 3.63) is 48.0 Å². The Morgan fingerprint density at radius 3 is 1.26 bits per heavy atom. The van der Waals surface area contributed by atoms with E-state index in [9.17, 15) is 0 Å². The Kier molecular flexibility index (Phi) is 10.1. The molecule has 0 spiro atoms. The monoisotopic (exact) mass is 542 g/mol. The molecule has 4 aromatic rings. The lowest BCUT2D eigenvalue weighted by Gasteiger charge is -2.17. The van der Waals surface area contributed by atoms with Crippen LogP contribution >= 0.6 is 12.4 Å². The first-order valence-corrected chi connectivity index (χ1v) is 12.2. The van der Waals surface area contributed by atoms with Crippen molar-refractivity contribution in [3.8, 4) is 34.5 Å². The first-order valence-electron chi connectivity index (χ1n) is 12.2. The van der Waals surface area contributed by atoms with Gasteiger partial charge < -0.3 is 28.4 Å². The number of methoxy groups -OCH3 is 6. The molecule has 2 heterocycles. The van der Waals surface area contributed by atoms with Gasteiger partial charge in [0.25, 0.3) is 0 Å². The molecule has 0 aliphatic heterocycles. The molecule has 0 radical (unpaired) electrons. The van der Waals surface area contributed by atoms with Gasteiger partial charge in [-0.1, -0.05) is 6.42 Å². The molecule has 0 atom stereocenters. The largest absolute Gasteiger partial charge is 0.493 e. The zero-order chi connectivity index (χ0) is 26.4. The summed E-state index contributed by atoms with van der Waals surface area (Å²) in [5.74, 6) is 3.73. The van der Waals surface area contributed by atoms with Gasteiger partial charge in [0.15, 0.2) is 23.0 Å². The average molecular weight is 543 g/mol. The Balaban J connectivity index is 0.00000400. The molecule has 0 fully saturated rings. The number of hydrogen-bond acceptors (Lipinski definition) is 8. The van der Waals surface area contributed by atoms with Gasteiger partial charge in [0.05, 0.1) is 54.0 Å². The van der Waals surface area contributed by atoms with E-state index >= 15 is 0 Å². The van der Waals surface area contributed by atoms with E-state index in [2.05, 4.69) is 9.97 Å². The van der Waals surface area contributed by atoms with Crippen molar-refractivity contribution in [1.82, 2.24) is 9.97 Å². The van der Waals surface area contributed by atoms with Gasteiger partial charge in [-0.05, 0) is 60.7 Å². The van der Waals surface area contributed by atoms with Crippen LogP contribution in [0.3, 0.4) is 0 Å². The number of unbranched alkanes of at least 4 members (excludes halogenated alkanes) is 2. The van der Waals surface area contributed by atoms with Crippen LogP contribution in [0.25, 0.3) is 21.5 Å². The van der Waals surface area contributed by atoms with E-state index in [0.717, 1.165) is 65.0 Å². The van der Waals surface area contributed by atoms with Crippen LogP contribution in [0.1, 0.15) is 30.7 Å². The predicted molar refractivity (Wildman–Crippen MR) is 151 cm³/mol. The Morgan fingerprint density at radius 1 is 0.526 bits per heavy atom. The molecule has 4 rings (SSSR count). The molecule has 0 bridgehead atoms. The van der Waals surface area contributed by atoms with Gasteiger partial charge in [-0.2, -0.15) is 0 Å². The first kappa shape index (κ1) is 28.9. The van der Waals surface area contributed by atoms with Crippen molar-refractivity contribution < 1.29 is 28.4 Å². The van der Waals surface area contributed by atoms with Gasteiger partial charge in [-0.15, -0.1) is 12.4 Å². The molecule has 0 N–H and O–H groups in total. The van der Waals surface area contributed by atoms with Crippen LogP contribution in [-0.2, 0) is 12.8 Å². The zero-order valence-electron chi connectivity index (χ0n) is 22.8. The van der Waals surface area contributed by atoms with Gasteiger partial charge >= 0.3 is 0 Å². The number of hydrogen-bond donors (Lipinski definition) is 0. The number of pyridine rings is 2. The van der Waals surface area contributed by atoms with Crippen molar-refractivity contribution in [2.75, 3.05) is 42.7 Å². The van der Waals surface area contributed by atoms with Crippen LogP contribution in [0, 0.1) is 0 Å². The second-order valence-electron chi connectivity index (χ2n) is 8.56. The molecule has 0 amide bonds. The minimum Gasteiger partial charge on any atom is -0.493 e. The summed E-state index contributed by atoms with van der Waals surface area (Å²) >= 11 is 0. The molecule has 0 aliphatic carbocycles. The van der Waals surface area contributed by atoms with Crippen LogP contribution in [0.5, 0.6) is 34.5 Å². The summed E-state index contributed by atoms with van der Waals surface area (Å²) < 4.78 is 33.6. The lowest BCUT2D eigenvalue weighted by molar-refractivity contribution is 0.327.